The minimum atomic E-state index is -1.13. The predicted molar refractivity (Wildman–Crippen MR) is 51.1 cm³/mol. The van der Waals surface area contributed by atoms with Crippen LogP contribution in [0.4, 0.5) is 0 Å². The van der Waals surface area contributed by atoms with Crippen molar-refractivity contribution < 1.29 is 9.90 Å². The highest BCUT2D eigenvalue weighted by Gasteiger charge is 2.14. The van der Waals surface area contributed by atoms with Gasteiger partial charge in [-0.15, -0.1) is 4.80 Å². The predicted octanol–water partition coefficient (Wildman–Crippen LogP) is 1.01. The van der Waals surface area contributed by atoms with Crippen molar-refractivity contribution in [2.24, 2.45) is 0 Å². The molecule has 15 heavy (non-hydrogen) atoms. The van der Waals surface area contributed by atoms with Gasteiger partial charge in [0.25, 0.3) is 0 Å². The van der Waals surface area contributed by atoms with E-state index in [9.17, 15) is 4.79 Å². The van der Waals surface area contributed by atoms with E-state index >= 15 is 0 Å². The number of aromatic carboxylic acids is 1. The summed E-state index contributed by atoms with van der Waals surface area (Å²) in [6.45, 7) is 0. The lowest BCUT2D eigenvalue weighted by atomic mass is 10.2. The van der Waals surface area contributed by atoms with Crippen LogP contribution in [0.5, 0.6) is 0 Å². The number of pyridine rings is 1. The largest absolute Gasteiger partial charge is 0.478 e. The van der Waals surface area contributed by atoms with Crippen molar-refractivity contribution >= 4 is 17.6 Å². The number of carbonyl (C=O) groups is 1. The molecule has 0 amide bonds. The van der Waals surface area contributed by atoms with Crippen LogP contribution >= 0.6 is 11.6 Å². The summed E-state index contributed by atoms with van der Waals surface area (Å²) in [5, 5.41) is 16.8. The van der Waals surface area contributed by atoms with E-state index in [1.165, 1.54) is 24.7 Å². The van der Waals surface area contributed by atoms with Gasteiger partial charge >= 0.3 is 5.97 Å². The minimum absolute atomic E-state index is 0.0429. The van der Waals surface area contributed by atoms with Crippen molar-refractivity contribution in [1.82, 2.24) is 20.0 Å². The van der Waals surface area contributed by atoms with Crippen LogP contribution in [0.25, 0.3) is 5.82 Å². The fourth-order valence-electron chi connectivity index (χ4n) is 1.07. The Balaban J connectivity index is 2.61. The molecule has 0 saturated heterocycles. The highest BCUT2D eigenvalue weighted by Crippen LogP contribution is 2.15. The normalized spacial score (nSPS) is 10.2. The number of halogens is 1. The molecule has 0 bridgehead atoms. The van der Waals surface area contributed by atoms with Crippen molar-refractivity contribution in [2.75, 3.05) is 0 Å². The van der Waals surface area contributed by atoms with E-state index < -0.39 is 5.97 Å². The third-order valence-corrected chi connectivity index (χ3v) is 1.88. The van der Waals surface area contributed by atoms with E-state index in [4.69, 9.17) is 16.7 Å². The highest BCUT2D eigenvalue weighted by atomic mass is 35.5. The third kappa shape index (κ3) is 1.79. The summed E-state index contributed by atoms with van der Waals surface area (Å²) in [5.74, 6) is -0.991. The Bertz CT molecular complexity index is 497. The Hall–Kier alpha value is -1.95. The van der Waals surface area contributed by atoms with E-state index in [1.54, 1.807) is 0 Å². The van der Waals surface area contributed by atoms with Gasteiger partial charge in [0, 0.05) is 6.20 Å². The van der Waals surface area contributed by atoms with Gasteiger partial charge in [0.05, 0.1) is 17.4 Å². The number of nitrogens with zero attached hydrogens (tertiary/aromatic N) is 4. The fraction of sp³-hybridized carbons (Fsp3) is 0. The van der Waals surface area contributed by atoms with Gasteiger partial charge in [0.2, 0.25) is 0 Å². The quantitative estimate of drug-likeness (QED) is 0.824. The average Bonchev–Trinajstić information content (AvgIpc) is 2.70. The SMILES string of the molecule is O=C(O)c1cc(Cl)cnc1-n1nccn1. The van der Waals surface area contributed by atoms with Crippen LogP contribution in [0.15, 0.2) is 24.7 Å². The lowest BCUT2D eigenvalue weighted by molar-refractivity contribution is 0.0696. The molecular weight excluding hydrogens is 220 g/mol. The van der Waals surface area contributed by atoms with Gasteiger partial charge in [0.15, 0.2) is 5.82 Å². The van der Waals surface area contributed by atoms with Crippen molar-refractivity contribution in [2.45, 2.75) is 0 Å². The summed E-state index contributed by atoms with van der Waals surface area (Å²) in [4.78, 5) is 15.9. The van der Waals surface area contributed by atoms with E-state index in [0.717, 1.165) is 4.80 Å². The summed E-state index contributed by atoms with van der Waals surface area (Å²) < 4.78 is 0. The number of hydrogen-bond donors (Lipinski definition) is 1. The number of carboxylic acids is 1. The molecule has 76 valence electrons. The molecule has 0 unspecified atom stereocenters. The van der Waals surface area contributed by atoms with Crippen LogP contribution < -0.4 is 0 Å². The topological polar surface area (TPSA) is 80.9 Å². The first kappa shape index (κ1) is 9.60. The van der Waals surface area contributed by atoms with Gasteiger partial charge < -0.3 is 5.11 Å². The maximum absolute atomic E-state index is 10.9. The van der Waals surface area contributed by atoms with Crippen molar-refractivity contribution in [3.05, 3.63) is 35.2 Å². The second kappa shape index (κ2) is 3.66. The molecule has 0 aliphatic heterocycles. The number of carboxylic acid groups (broad SMARTS) is 1. The molecule has 0 atom stereocenters. The maximum atomic E-state index is 10.9. The Morgan fingerprint density at radius 2 is 2.07 bits per heavy atom. The molecule has 0 saturated carbocycles. The second-order valence-electron chi connectivity index (χ2n) is 2.65. The van der Waals surface area contributed by atoms with Crippen molar-refractivity contribution in [1.29, 1.82) is 0 Å². The lowest BCUT2D eigenvalue weighted by Crippen LogP contribution is -2.09. The summed E-state index contributed by atoms with van der Waals surface area (Å²) in [7, 11) is 0. The van der Waals surface area contributed by atoms with Crippen molar-refractivity contribution in [3.8, 4) is 5.82 Å². The first-order valence-corrected chi connectivity index (χ1v) is 4.32. The molecule has 2 aromatic heterocycles. The summed E-state index contributed by atoms with van der Waals surface area (Å²) >= 11 is 5.65. The van der Waals surface area contributed by atoms with Crippen LogP contribution in [0.3, 0.4) is 0 Å². The zero-order chi connectivity index (χ0) is 10.8. The Kier molecular flexibility index (Phi) is 2.34. The molecule has 7 heteroatoms. The van der Waals surface area contributed by atoms with Gasteiger partial charge in [-0.3, -0.25) is 0 Å². The van der Waals surface area contributed by atoms with E-state index in [1.807, 2.05) is 0 Å². The van der Waals surface area contributed by atoms with Crippen LogP contribution in [-0.4, -0.2) is 31.1 Å². The molecule has 0 radical (unpaired) electrons. The second-order valence-corrected chi connectivity index (χ2v) is 3.08. The summed E-state index contributed by atoms with van der Waals surface area (Å²) in [6.07, 6.45) is 4.20. The molecule has 2 heterocycles. The van der Waals surface area contributed by atoms with Gasteiger partial charge in [-0.2, -0.15) is 10.2 Å². The zero-order valence-corrected chi connectivity index (χ0v) is 8.09. The van der Waals surface area contributed by atoms with Crippen LogP contribution in [0, 0.1) is 0 Å². The molecule has 6 nitrogen and oxygen atoms in total. The molecule has 0 spiro atoms. The highest BCUT2D eigenvalue weighted by molar-refractivity contribution is 6.30. The maximum Gasteiger partial charge on any atom is 0.339 e. The summed E-state index contributed by atoms with van der Waals surface area (Å²) in [6, 6.07) is 1.30. The van der Waals surface area contributed by atoms with Crippen LogP contribution in [0.2, 0.25) is 5.02 Å². The lowest BCUT2D eigenvalue weighted by Gasteiger charge is -2.03. The molecule has 2 aromatic rings. The molecular formula is C8H5ClN4O2. The van der Waals surface area contributed by atoms with Gasteiger partial charge in [0.1, 0.15) is 5.56 Å². The van der Waals surface area contributed by atoms with Crippen LogP contribution in [-0.2, 0) is 0 Å². The monoisotopic (exact) mass is 224 g/mol. The molecule has 0 aliphatic rings. The molecule has 0 aliphatic carbocycles. The number of hydrogen-bond acceptors (Lipinski definition) is 4. The zero-order valence-electron chi connectivity index (χ0n) is 7.33. The first-order chi connectivity index (χ1) is 7.18. The molecule has 1 N–H and O–H groups in total. The Morgan fingerprint density at radius 1 is 1.40 bits per heavy atom. The Labute approximate surface area is 89.1 Å². The van der Waals surface area contributed by atoms with E-state index in [-0.39, 0.29) is 16.4 Å². The first-order valence-electron chi connectivity index (χ1n) is 3.94. The standard InChI is InChI=1S/C8H5ClN4O2/c9-5-3-6(8(14)15)7(10-4-5)13-11-1-2-12-13/h1-4H,(H,14,15). The molecule has 0 aromatic carbocycles. The Morgan fingerprint density at radius 3 is 2.67 bits per heavy atom. The van der Waals surface area contributed by atoms with Crippen LogP contribution in [0.1, 0.15) is 10.4 Å². The number of aromatic nitrogens is 4. The third-order valence-electron chi connectivity index (χ3n) is 1.67. The van der Waals surface area contributed by atoms with Gasteiger partial charge in [-0.05, 0) is 6.07 Å². The van der Waals surface area contributed by atoms with E-state index in [0.29, 0.717) is 0 Å². The van der Waals surface area contributed by atoms with E-state index in [2.05, 4.69) is 15.2 Å². The average molecular weight is 225 g/mol. The van der Waals surface area contributed by atoms with Gasteiger partial charge in [-0.1, -0.05) is 11.6 Å². The smallest absolute Gasteiger partial charge is 0.339 e. The van der Waals surface area contributed by atoms with Gasteiger partial charge in [-0.25, -0.2) is 9.78 Å². The van der Waals surface area contributed by atoms with Crippen molar-refractivity contribution in [3.63, 3.8) is 0 Å². The minimum Gasteiger partial charge on any atom is -0.478 e. The number of rotatable bonds is 2. The molecule has 2 rings (SSSR count). The molecule has 0 fully saturated rings. The summed E-state index contributed by atoms with van der Waals surface area (Å²) in [5.41, 5.74) is -0.0429. The fourth-order valence-corrected chi connectivity index (χ4v) is 1.23.